The first-order valence-corrected chi connectivity index (χ1v) is 9.56. The van der Waals surface area contributed by atoms with Crippen LogP contribution < -0.4 is 16.0 Å². The highest BCUT2D eigenvalue weighted by atomic mass is 16.3. The Bertz CT molecular complexity index is 863. The Kier molecular flexibility index (Phi) is 6.73. The van der Waals surface area contributed by atoms with Crippen molar-refractivity contribution in [2.45, 2.75) is 32.4 Å². The highest BCUT2D eigenvalue weighted by Crippen LogP contribution is 2.22. The molecule has 28 heavy (non-hydrogen) atoms. The van der Waals surface area contributed by atoms with Crippen molar-refractivity contribution in [3.8, 4) is 0 Å². The maximum atomic E-state index is 11.6. The standard InChI is InChI=1S/C23H27N3O2/c1-18(12-13-22-11-6-14-28-22)25-20-9-5-10-21(15-20)26(17-23(24)27)16-19-7-3-2-4-8-19/h2-11,14-15,18,25H,12-13,16-17H2,1H3,(H2,24,27). The van der Waals surface area contributed by atoms with Crippen LogP contribution in [0.25, 0.3) is 0 Å². The zero-order chi connectivity index (χ0) is 19.8. The molecule has 0 bridgehead atoms. The summed E-state index contributed by atoms with van der Waals surface area (Å²) >= 11 is 0. The van der Waals surface area contributed by atoms with Crippen molar-refractivity contribution in [2.24, 2.45) is 5.73 Å². The van der Waals surface area contributed by atoms with Crippen LogP contribution >= 0.6 is 0 Å². The molecule has 0 aliphatic rings. The van der Waals surface area contributed by atoms with Crippen LogP contribution in [0.4, 0.5) is 11.4 Å². The van der Waals surface area contributed by atoms with E-state index < -0.39 is 0 Å². The predicted octanol–water partition coefficient (Wildman–Crippen LogP) is 4.20. The molecular weight excluding hydrogens is 350 g/mol. The van der Waals surface area contributed by atoms with Crippen LogP contribution in [0.1, 0.15) is 24.7 Å². The maximum Gasteiger partial charge on any atom is 0.236 e. The Morgan fingerprint density at radius 1 is 1.11 bits per heavy atom. The van der Waals surface area contributed by atoms with E-state index in [0.29, 0.717) is 12.6 Å². The van der Waals surface area contributed by atoms with Gasteiger partial charge in [0.2, 0.25) is 5.91 Å². The molecule has 1 aromatic heterocycles. The van der Waals surface area contributed by atoms with Gasteiger partial charge in [0.05, 0.1) is 12.8 Å². The minimum atomic E-state index is -0.346. The fraction of sp³-hybridized carbons (Fsp3) is 0.261. The molecular formula is C23H27N3O2. The summed E-state index contributed by atoms with van der Waals surface area (Å²) in [7, 11) is 0. The van der Waals surface area contributed by atoms with E-state index in [0.717, 1.165) is 35.5 Å². The van der Waals surface area contributed by atoms with Crippen LogP contribution in [-0.2, 0) is 17.8 Å². The number of primary amides is 1. The van der Waals surface area contributed by atoms with Crippen LogP contribution in [0, 0.1) is 0 Å². The van der Waals surface area contributed by atoms with Gasteiger partial charge in [-0.15, -0.1) is 0 Å². The largest absolute Gasteiger partial charge is 0.469 e. The average Bonchev–Trinajstić information content (AvgIpc) is 3.20. The molecule has 1 unspecified atom stereocenters. The molecule has 1 heterocycles. The van der Waals surface area contributed by atoms with Crippen LogP contribution in [0.15, 0.2) is 77.4 Å². The minimum absolute atomic E-state index is 0.173. The number of carbonyl (C=O) groups is 1. The lowest BCUT2D eigenvalue weighted by Gasteiger charge is -2.25. The molecule has 2 aromatic carbocycles. The molecule has 3 rings (SSSR count). The number of hydrogen-bond donors (Lipinski definition) is 2. The van der Waals surface area contributed by atoms with E-state index in [1.165, 1.54) is 0 Å². The Balaban J connectivity index is 1.67. The van der Waals surface area contributed by atoms with Crippen LogP contribution in [-0.4, -0.2) is 18.5 Å². The second-order valence-corrected chi connectivity index (χ2v) is 7.02. The molecule has 0 aliphatic carbocycles. The fourth-order valence-corrected chi connectivity index (χ4v) is 3.19. The van der Waals surface area contributed by atoms with Crippen molar-refractivity contribution in [1.82, 2.24) is 0 Å². The molecule has 0 aliphatic heterocycles. The topological polar surface area (TPSA) is 71.5 Å². The van der Waals surface area contributed by atoms with Gasteiger partial charge in [-0.25, -0.2) is 0 Å². The number of nitrogens with two attached hydrogens (primary N) is 1. The molecule has 1 amide bonds. The molecule has 5 nitrogen and oxygen atoms in total. The van der Waals surface area contributed by atoms with Crippen molar-refractivity contribution < 1.29 is 9.21 Å². The van der Waals surface area contributed by atoms with Crippen molar-refractivity contribution in [1.29, 1.82) is 0 Å². The van der Waals surface area contributed by atoms with E-state index in [1.54, 1.807) is 6.26 Å². The molecule has 0 fully saturated rings. The molecule has 146 valence electrons. The molecule has 5 heteroatoms. The number of furan rings is 1. The molecule has 3 N–H and O–H groups in total. The van der Waals surface area contributed by atoms with Gasteiger partial charge in [0, 0.05) is 30.4 Å². The van der Waals surface area contributed by atoms with E-state index in [9.17, 15) is 4.79 Å². The zero-order valence-electron chi connectivity index (χ0n) is 16.2. The number of carbonyl (C=O) groups excluding carboxylic acids is 1. The quantitative estimate of drug-likeness (QED) is 0.555. The maximum absolute atomic E-state index is 11.6. The summed E-state index contributed by atoms with van der Waals surface area (Å²) in [6.07, 6.45) is 3.56. The van der Waals surface area contributed by atoms with Crippen molar-refractivity contribution in [3.05, 3.63) is 84.3 Å². The number of hydrogen-bond acceptors (Lipinski definition) is 4. The van der Waals surface area contributed by atoms with Gasteiger partial charge < -0.3 is 20.4 Å². The van der Waals surface area contributed by atoms with E-state index in [-0.39, 0.29) is 12.5 Å². The second kappa shape index (κ2) is 9.65. The zero-order valence-corrected chi connectivity index (χ0v) is 16.2. The lowest BCUT2D eigenvalue weighted by atomic mass is 10.1. The Labute approximate surface area is 166 Å². The smallest absolute Gasteiger partial charge is 0.236 e. The second-order valence-electron chi connectivity index (χ2n) is 7.02. The monoisotopic (exact) mass is 377 g/mol. The summed E-state index contributed by atoms with van der Waals surface area (Å²) in [4.78, 5) is 13.6. The third kappa shape index (κ3) is 5.91. The SMILES string of the molecule is CC(CCc1ccco1)Nc1cccc(N(CC(N)=O)Cc2ccccc2)c1. The molecule has 0 radical (unpaired) electrons. The van der Waals surface area contributed by atoms with Crippen LogP contribution in [0.5, 0.6) is 0 Å². The summed E-state index contributed by atoms with van der Waals surface area (Å²) in [6.45, 7) is 2.95. The number of rotatable bonds is 10. The van der Waals surface area contributed by atoms with Gasteiger partial charge in [0.25, 0.3) is 0 Å². The fourth-order valence-electron chi connectivity index (χ4n) is 3.19. The van der Waals surface area contributed by atoms with Crippen molar-refractivity contribution in [2.75, 3.05) is 16.8 Å². The number of benzene rings is 2. The summed E-state index contributed by atoms with van der Waals surface area (Å²) in [5.41, 5.74) is 8.60. The molecule has 0 spiro atoms. The van der Waals surface area contributed by atoms with Gasteiger partial charge >= 0.3 is 0 Å². The van der Waals surface area contributed by atoms with E-state index in [1.807, 2.05) is 65.6 Å². The Hall–Kier alpha value is -3.21. The van der Waals surface area contributed by atoms with Crippen LogP contribution in [0.3, 0.4) is 0 Å². The lowest BCUT2D eigenvalue weighted by Crippen LogP contribution is -2.33. The number of amides is 1. The summed E-state index contributed by atoms with van der Waals surface area (Å²) in [5, 5.41) is 3.53. The first-order valence-electron chi connectivity index (χ1n) is 9.56. The minimum Gasteiger partial charge on any atom is -0.469 e. The number of aryl methyl sites for hydroxylation is 1. The molecule has 0 saturated heterocycles. The molecule has 0 saturated carbocycles. The first-order chi connectivity index (χ1) is 13.6. The third-order valence-corrected chi connectivity index (χ3v) is 4.59. The van der Waals surface area contributed by atoms with Gasteiger partial charge in [0.15, 0.2) is 0 Å². The Morgan fingerprint density at radius 2 is 1.93 bits per heavy atom. The summed E-state index contributed by atoms with van der Waals surface area (Å²) in [6, 6.07) is 22.4. The number of nitrogens with zero attached hydrogens (tertiary/aromatic N) is 1. The Morgan fingerprint density at radius 3 is 2.64 bits per heavy atom. The third-order valence-electron chi connectivity index (χ3n) is 4.59. The number of anilines is 2. The highest BCUT2D eigenvalue weighted by molar-refractivity contribution is 5.80. The van der Waals surface area contributed by atoms with Gasteiger partial charge in [-0.3, -0.25) is 4.79 Å². The molecule has 3 aromatic rings. The predicted molar refractivity (Wildman–Crippen MR) is 113 cm³/mol. The van der Waals surface area contributed by atoms with Gasteiger partial charge in [0.1, 0.15) is 5.76 Å². The lowest BCUT2D eigenvalue weighted by molar-refractivity contribution is -0.116. The number of nitrogens with one attached hydrogen (secondary N) is 1. The van der Waals surface area contributed by atoms with Crippen molar-refractivity contribution in [3.63, 3.8) is 0 Å². The van der Waals surface area contributed by atoms with E-state index in [2.05, 4.69) is 18.3 Å². The normalized spacial score (nSPS) is 11.8. The van der Waals surface area contributed by atoms with E-state index >= 15 is 0 Å². The average molecular weight is 377 g/mol. The summed E-state index contributed by atoms with van der Waals surface area (Å²) < 4.78 is 5.40. The molecule has 1 atom stereocenters. The van der Waals surface area contributed by atoms with E-state index in [4.69, 9.17) is 10.2 Å². The highest BCUT2D eigenvalue weighted by Gasteiger charge is 2.12. The van der Waals surface area contributed by atoms with Crippen LogP contribution in [0.2, 0.25) is 0 Å². The van der Waals surface area contributed by atoms with Gasteiger partial charge in [-0.2, -0.15) is 0 Å². The van der Waals surface area contributed by atoms with Crippen molar-refractivity contribution >= 4 is 17.3 Å². The van der Waals surface area contributed by atoms with Gasteiger partial charge in [-0.1, -0.05) is 36.4 Å². The summed E-state index contributed by atoms with van der Waals surface area (Å²) in [5.74, 6) is 0.652. The first kappa shape index (κ1) is 19.5. The van der Waals surface area contributed by atoms with Gasteiger partial charge in [-0.05, 0) is 49.2 Å².